The average molecular weight is 358 g/mol. The van der Waals surface area contributed by atoms with Gasteiger partial charge < -0.3 is 15.0 Å². The smallest absolute Gasteiger partial charge is 0.222 e. The molecule has 0 spiro atoms. The lowest BCUT2D eigenvalue weighted by atomic mass is 10.2. The molecule has 5 nitrogen and oxygen atoms in total. The van der Waals surface area contributed by atoms with Gasteiger partial charge in [0, 0.05) is 44.1 Å². The molecule has 0 unspecified atom stereocenters. The summed E-state index contributed by atoms with van der Waals surface area (Å²) in [5, 5.41) is 2.81. The van der Waals surface area contributed by atoms with Crippen LogP contribution in [0.1, 0.15) is 24.5 Å². The van der Waals surface area contributed by atoms with Crippen molar-refractivity contribution in [3.8, 4) is 5.75 Å². The first-order valence-corrected chi connectivity index (χ1v) is 8.38. The fourth-order valence-corrected chi connectivity index (χ4v) is 2.55. The molecule has 0 aliphatic rings. The Morgan fingerprint density at radius 2 is 1.73 bits per heavy atom. The highest BCUT2D eigenvalue weighted by Gasteiger charge is 2.14. The van der Waals surface area contributed by atoms with Crippen molar-refractivity contribution in [3.05, 3.63) is 65.5 Å². The first kappa shape index (κ1) is 19.4. The number of rotatable bonds is 8. The van der Waals surface area contributed by atoms with Crippen LogP contribution in [0.3, 0.4) is 0 Å². The molecule has 138 valence electrons. The number of carbonyl (C=O) groups excluding carboxylic acids is 2. The molecule has 0 saturated carbocycles. The van der Waals surface area contributed by atoms with E-state index in [0.717, 1.165) is 5.56 Å². The molecule has 1 N–H and O–H groups in total. The zero-order valence-electron chi connectivity index (χ0n) is 15.0. The number of para-hydroxylation sites is 1. The molecule has 2 rings (SSSR count). The third-order valence-corrected chi connectivity index (χ3v) is 4.04. The lowest BCUT2D eigenvalue weighted by Crippen LogP contribution is -2.33. The van der Waals surface area contributed by atoms with Crippen LogP contribution >= 0.6 is 0 Å². The van der Waals surface area contributed by atoms with Gasteiger partial charge in [0.1, 0.15) is 11.6 Å². The number of hydrogen-bond donors (Lipinski definition) is 1. The van der Waals surface area contributed by atoms with Gasteiger partial charge in [0.05, 0.1) is 7.11 Å². The van der Waals surface area contributed by atoms with Crippen molar-refractivity contribution in [2.24, 2.45) is 0 Å². The highest BCUT2D eigenvalue weighted by Crippen LogP contribution is 2.16. The van der Waals surface area contributed by atoms with E-state index in [1.165, 1.54) is 17.9 Å². The van der Waals surface area contributed by atoms with Crippen LogP contribution in [0, 0.1) is 5.82 Å². The summed E-state index contributed by atoms with van der Waals surface area (Å²) >= 11 is 0. The standard InChI is InChI=1S/C20H23FN2O3/c1-15(24)23(14-17-8-3-5-9-18(17)21)12-11-20(25)22-13-16-7-4-6-10-19(16)26-2/h3-10H,11-14H2,1-2H3,(H,22,25). The largest absolute Gasteiger partial charge is 0.496 e. The normalized spacial score (nSPS) is 10.3. The van der Waals surface area contributed by atoms with Crippen LogP contribution in [-0.2, 0) is 22.7 Å². The Bertz CT molecular complexity index is 764. The zero-order valence-corrected chi connectivity index (χ0v) is 15.0. The van der Waals surface area contributed by atoms with Gasteiger partial charge in [0.25, 0.3) is 0 Å². The van der Waals surface area contributed by atoms with Gasteiger partial charge in [-0.1, -0.05) is 36.4 Å². The van der Waals surface area contributed by atoms with Crippen LogP contribution in [-0.4, -0.2) is 30.4 Å². The maximum atomic E-state index is 13.8. The number of ether oxygens (including phenoxy) is 1. The van der Waals surface area contributed by atoms with Crippen molar-refractivity contribution in [1.29, 1.82) is 0 Å². The second-order valence-corrected chi connectivity index (χ2v) is 5.87. The summed E-state index contributed by atoms with van der Waals surface area (Å²) in [5.74, 6) is -0.0430. The Kier molecular flexibility index (Phi) is 7.14. The highest BCUT2D eigenvalue weighted by atomic mass is 19.1. The number of halogens is 1. The van der Waals surface area contributed by atoms with Crippen LogP contribution in [0.25, 0.3) is 0 Å². The number of hydrogen-bond acceptors (Lipinski definition) is 3. The summed E-state index contributed by atoms with van der Waals surface area (Å²) in [6.07, 6.45) is 0.142. The minimum Gasteiger partial charge on any atom is -0.496 e. The van der Waals surface area contributed by atoms with E-state index >= 15 is 0 Å². The molecular weight excluding hydrogens is 335 g/mol. The van der Waals surface area contributed by atoms with Crippen molar-refractivity contribution in [2.45, 2.75) is 26.4 Å². The first-order chi connectivity index (χ1) is 12.5. The third kappa shape index (κ3) is 5.58. The lowest BCUT2D eigenvalue weighted by molar-refractivity contribution is -0.130. The van der Waals surface area contributed by atoms with Crippen LogP contribution in [0.2, 0.25) is 0 Å². The van der Waals surface area contributed by atoms with E-state index in [0.29, 0.717) is 17.9 Å². The summed E-state index contributed by atoms with van der Waals surface area (Å²) in [7, 11) is 1.58. The summed E-state index contributed by atoms with van der Waals surface area (Å²) in [5.41, 5.74) is 1.30. The van der Waals surface area contributed by atoms with Crippen molar-refractivity contribution < 1.29 is 18.7 Å². The SMILES string of the molecule is COc1ccccc1CNC(=O)CCN(Cc1ccccc1F)C(C)=O. The number of nitrogens with one attached hydrogen (secondary N) is 1. The van der Waals surface area contributed by atoms with Crippen LogP contribution in [0.15, 0.2) is 48.5 Å². The van der Waals surface area contributed by atoms with Gasteiger partial charge in [-0.3, -0.25) is 9.59 Å². The minimum atomic E-state index is -0.362. The van der Waals surface area contributed by atoms with Gasteiger partial charge in [0.15, 0.2) is 0 Å². The summed E-state index contributed by atoms with van der Waals surface area (Å²) in [6.45, 7) is 2.12. The summed E-state index contributed by atoms with van der Waals surface area (Å²) < 4.78 is 19.0. The van der Waals surface area contributed by atoms with Crippen molar-refractivity contribution in [3.63, 3.8) is 0 Å². The molecule has 0 radical (unpaired) electrons. The fourth-order valence-electron chi connectivity index (χ4n) is 2.55. The molecule has 0 heterocycles. The van der Waals surface area contributed by atoms with E-state index < -0.39 is 0 Å². The quantitative estimate of drug-likeness (QED) is 0.789. The first-order valence-electron chi connectivity index (χ1n) is 8.38. The molecule has 26 heavy (non-hydrogen) atoms. The molecular formula is C20H23FN2O3. The van der Waals surface area contributed by atoms with Crippen LogP contribution in [0.5, 0.6) is 5.75 Å². The number of amides is 2. The van der Waals surface area contributed by atoms with E-state index in [2.05, 4.69) is 5.32 Å². The van der Waals surface area contributed by atoms with Gasteiger partial charge >= 0.3 is 0 Å². The summed E-state index contributed by atoms with van der Waals surface area (Å²) in [6, 6.07) is 13.7. The Hall–Kier alpha value is -2.89. The maximum Gasteiger partial charge on any atom is 0.222 e. The molecule has 0 fully saturated rings. The summed E-state index contributed by atoms with van der Waals surface area (Å²) in [4.78, 5) is 25.3. The molecule has 0 atom stereocenters. The number of carbonyl (C=O) groups is 2. The molecule has 2 aromatic carbocycles. The van der Waals surface area contributed by atoms with Gasteiger partial charge in [-0.25, -0.2) is 4.39 Å². The van der Waals surface area contributed by atoms with E-state index in [4.69, 9.17) is 4.74 Å². The van der Waals surface area contributed by atoms with E-state index in [1.54, 1.807) is 25.3 Å². The Morgan fingerprint density at radius 1 is 1.08 bits per heavy atom. The number of benzene rings is 2. The van der Waals surface area contributed by atoms with Crippen molar-refractivity contribution in [1.82, 2.24) is 10.2 Å². The minimum absolute atomic E-state index is 0.141. The maximum absolute atomic E-state index is 13.8. The Balaban J connectivity index is 1.87. The van der Waals surface area contributed by atoms with Gasteiger partial charge in [0.2, 0.25) is 11.8 Å². The Morgan fingerprint density at radius 3 is 2.38 bits per heavy atom. The monoisotopic (exact) mass is 358 g/mol. The predicted molar refractivity (Wildman–Crippen MR) is 96.9 cm³/mol. The molecule has 0 bridgehead atoms. The van der Waals surface area contributed by atoms with E-state index in [1.807, 2.05) is 24.3 Å². The molecule has 0 saturated heterocycles. The van der Waals surface area contributed by atoms with Crippen molar-refractivity contribution in [2.75, 3.05) is 13.7 Å². The lowest BCUT2D eigenvalue weighted by Gasteiger charge is -2.21. The topological polar surface area (TPSA) is 58.6 Å². The van der Waals surface area contributed by atoms with Gasteiger partial charge in [-0.15, -0.1) is 0 Å². The van der Waals surface area contributed by atoms with Gasteiger partial charge in [-0.05, 0) is 12.1 Å². The van der Waals surface area contributed by atoms with E-state index in [9.17, 15) is 14.0 Å². The average Bonchev–Trinajstić information content (AvgIpc) is 2.64. The predicted octanol–water partition coefficient (Wildman–Crippen LogP) is 2.89. The second kappa shape index (κ2) is 9.56. The molecule has 0 aromatic heterocycles. The Labute approximate surface area is 152 Å². The van der Waals surface area contributed by atoms with E-state index in [-0.39, 0.29) is 37.1 Å². The molecule has 0 aliphatic heterocycles. The number of methoxy groups -OCH3 is 1. The third-order valence-electron chi connectivity index (χ3n) is 4.04. The molecule has 2 amide bonds. The van der Waals surface area contributed by atoms with Crippen molar-refractivity contribution >= 4 is 11.8 Å². The molecule has 0 aliphatic carbocycles. The number of nitrogens with zero attached hydrogens (tertiary/aromatic N) is 1. The van der Waals surface area contributed by atoms with Crippen LogP contribution in [0.4, 0.5) is 4.39 Å². The zero-order chi connectivity index (χ0) is 18.9. The molecule has 2 aromatic rings. The highest BCUT2D eigenvalue weighted by molar-refractivity contribution is 5.78. The molecule has 6 heteroatoms. The second-order valence-electron chi connectivity index (χ2n) is 5.87. The fraction of sp³-hybridized carbons (Fsp3) is 0.300. The van der Waals surface area contributed by atoms with Crippen LogP contribution < -0.4 is 10.1 Å². The van der Waals surface area contributed by atoms with Gasteiger partial charge in [-0.2, -0.15) is 0 Å².